The van der Waals surface area contributed by atoms with Gasteiger partial charge in [0.1, 0.15) is 11.6 Å². The molecule has 1 aromatic carbocycles. The van der Waals surface area contributed by atoms with E-state index >= 15 is 0 Å². The number of hydrogen-bond acceptors (Lipinski definition) is 4. The van der Waals surface area contributed by atoms with Crippen LogP contribution in [0.25, 0.3) is 0 Å². The van der Waals surface area contributed by atoms with Gasteiger partial charge in [-0.1, -0.05) is 6.07 Å². The Hall–Kier alpha value is -1.96. The Labute approximate surface area is 109 Å². The molecular formula is C11H12FNO5S. The third-order valence-electron chi connectivity index (χ3n) is 2.33. The number of carbonyl (C=O) groups excluding carboxylic acids is 1. The number of carboxylic acid groups (broad SMARTS) is 1. The number of hydrogen-bond donors (Lipinski definition) is 2. The van der Waals surface area contributed by atoms with Gasteiger partial charge in [0.05, 0.1) is 0 Å². The molecule has 1 atom stereocenters. The number of benzene rings is 1. The average molecular weight is 289 g/mol. The maximum atomic E-state index is 12.8. The Bertz CT molecular complexity index is 599. The summed E-state index contributed by atoms with van der Waals surface area (Å²) in [6, 6.07) is 4.91. The van der Waals surface area contributed by atoms with E-state index in [0.717, 1.165) is 13.0 Å². The van der Waals surface area contributed by atoms with Gasteiger partial charge in [-0.05, 0) is 25.1 Å². The zero-order valence-electron chi connectivity index (χ0n) is 9.96. The summed E-state index contributed by atoms with van der Waals surface area (Å²) in [5, 5.41) is 9.10. The molecule has 8 heteroatoms. The Balaban J connectivity index is 2.73. The van der Waals surface area contributed by atoms with E-state index in [0.29, 0.717) is 0 Å². The first kappa shape index (κ1) is 15.1. The van der Waals surface area contributed by atoms with Crippen molar-refractivity contribution in [3.63, 3.8) is 0 Å². The fourth-order valence-corrected chi connectivity index (χ4v) is 2.22. The molecule has 1 unspecified atom stereocenters. The fourth-order valence-electron chi connectivity index (χ4n) is 1.22. The minimum atomic E-state index is -4.09. The molecule has 1 aromatic rings. The smallest absolute Gasteiger partial charge is 0.321 e. The van der Waals surface area contributed by atoms with Crippen LogP contribution in [0.5, 0.6) is 0 Å². The summed E-state index contributed by atoms with van der Waals surface area (Å²) < 4.78 is 35.9. The van der Waals surface area contributed by atoms with Crippen LogP contribution in [0.15, 0.2) is 24.3 Å². The predicted molar refractivity (Wildman–Crippen MR) is 65.9 cm³/mol. The van der Waals surface area contributed by atoms with Crippen LogP contribution in [-0.4, -0.2) is 36.4 Å². The molecule has 0 aliphatic carbocycles. The van der Waals surface area contributed by atoms with Crippen molar-refractivity contribution in [3.8, 4) is 0 Å². The van der Waals surface area contributed by atoms with Gasteiger partial charge in [0.15, 0.2) is 15.1 Å². The highest BCUT2D eigenvalue weighted by Crippen LogP contribution is 2.10. The van der Waals surface area contributed by atoms with Crippen LogP contribution in [0.4, 0.5) is 10.1 Å². The van der Waals surface area contributed by atoms with Crippen molar-refractivity contribution in [2.24, 2.45) is 0 Å². The highest BCUT2D eigenvalue weighted by atomic mass is 32.2. The molecule has 0 spiro atoms. The molecule has 1 rings (SSSR count). The highest BCUT2D eigenvalue weighted by Gasteiger charge is 2.29. The quantitative estimate of drug-likeness (QED) is 0.829. The van der Waals surface area contributed by atoms with Crippen molar-refractivity contribution in [2.75, 3.05) is 11.1 Å². The topological polar surface area (TPSA) is 101 Å². The number of anilines is 1. The van der Waals surface area contributed by atoms with Crippen LogP contribution >= 0.6 is 0 Å². The average Bonchev–Trinajstić information content (AvgIpc) is 2.26. The van der Waals surface area contributed by atoms with Crippen molar-refractivity contribution in [1.82, 2.24) is 0 Å². The van der Waals surface area contributed by atoms with Crippen molar-refractivity contribution in [1.29, 1.82) is 0 Å². The normalized spacial score (nSPS) is 12.7. The van der Waals surface area contributed by atoms with E-state index in [9.17, 15) is 22.4 Å². The molecule has 6 nitrogen and oxygen atoms in total. The predicted octanol–water partition coefficient (Wildman–Crippen LogP) is 0.652. The summed E-state index contributed by atoms with van der Waals surface area (Å²) in [4.78, 5) is 22.0. The van der Waals surface area contributed by atoms with E-state index in [2.05, 4.69) is 5.32 Å². The highest BCUT2D eigenvalue weighted by molar-refractivity contribution is 7.93. The van der Waals surface area contributed by atoms with Crippen LogP contribution in [0.2, 0.25) is 0 Å². The number of rotatable bonds is 5. The molecule has 104 valence electrons. The van der Waals surface area contributed by atoms with Crippen LogP contribution < -0.4 is 5.32 Å². The van der Waals surface area contributed by atoms with Gasteiger partial charge in [-0.3, -0.25) is 9.59 Å². The van der Waals surface area contributed by atoms with Gasteiger partial charge in [-0.15, -0.1) is 0 Å². The molecule has 0 aliphatic rings. The molecule has 0 saturated heterocycles. The van der Waals surface area contributed by atoms with Gasteiger partial charge >= 0.3 is 5.97 Å². The summed E-state index contributed by atoms with van der Waals surface area (Å²) in [5.41, 5.74) is 0.100. The van der Waals surface area contributed by atoms with Gasteiger partial charge in [0, 0.05) is 5.69 Å². The lowest BCUT2D eigenvalue weighted by Crippen LogP contribution is -2.34. The molecule has 0 fully saturated rings. The minimum absolute atomic E-state index is 0.100. The second-order valence-electron chi connectivity index (χ2n) is 3.85. The maximum absolute atomic E-state index is 12.8. The second-order valence-corrected chi connectivity index (χ2v) is 6.17. The summed E-state index contributed by atoms with van der Waals surface area (Å²) in [6.45, 7) is 0.979. The lowest BCUT2D eigenvalue weighted by molar-refractivity contribution is -0.136. The first-order valence-electron chi connectivity index (χ1n) is 5.22. The van der Waals surface area contributed by atoms with E-state index in [1.54, 1.807) is 0 Å². The number of sulfone groups is 1. The third kappa shape index (κ3) is 4.32. The molecular weight excluding hydrogens is 277 g/mol. The summed E-state index contributed by atoms with van der Waals surface area (Å²) in [6.07, 6.45) is 0. The van der Waals surface area contributed by atoms with Gasteiger partial charge in [-0.2, -0.15) is 0 Å². The van der Waals surface area contributed by atoms with E-state index in [1.165, 1.54) is 18.2 Å². The number of halogens is 1. The van der Waals surface area contributed by atoms with Crippen molar-refractivity contribution in [3.05, 3.63) is 30.1 Å². The van der Waals surface area contributed by atoms with Crippen LogP contribution in [-0.2, 0) is 19.4 Å². The monoisotopic (exact) mass is 289 g/mol. The molecule has 0 radical (unpaired) electrons. The SMILES string of the molecule is CC(C(=O)O)S(=O)(=O)CC(=O)Nc1cccc(F)c1. The summed E-state index contributed by atoms with van der Waals surface area (Å²) in [7, 11) is -4.09. The van der Waals surface area contributed by atoms with Gasteiger partial charge in [0.2, 0.25) is 5.91 Å². The molecule has 0 saturated carbocycles. The Kier molecular flexibility index (Phi) is 4.60. The van der Waals surface area contributed by atoms with E-state index in [1.807, 2.05) is 0 Å². The zero-order chi connectivity index (χ0) is 14.6. The standard InChI is InChI=1S/C11H12FNO5S/c1-7(11(15)16)19(17,18)6-10(14)13-9-4-2-3-8(12)5-9/h2-5,7H,6H2,1H3,(H,13,14)(H,15,16). The molecule has 0 heterocycles. The van der Waals surface area contributed by atoms with Crippen LogP contribution in [0, 0.1) is 5.82 Å². The van der Waals surface area contributed by atoms with E-state index in [4.69, 9.17) is 5.11 Å². The molecule has 2 N–H and O–H groups in total. The van der Waals surface area contributed by atoms with Gasteiger partial charge in [0.25, 0.3) is 0 Å². The lowest BCUT2D eigenvalue weighted by Gasteiger charge is -2.09. The third-order valence-corrected chi connectivity index (χ3v) is 4.27. The fraction of sp³-hybridized carbons (Fsp3) is 0.273. The maximum Gasteiger partial charge on any atom is 0.321 e. The number of carboxylic acids is 1. The number of aliphatic carboxylic acids is 1. The minimum Gasteiger partial charge on any atom is -0.480 e. The molecule has 1 amide bonds. The van der Waals surface area contributed by atoms with Crippen molar-refractivity contribution >= 4 is 27.4 Å². The number of amides is 1. The number of nitrogens with one attached hydrogen (secondary N) is 1. The zero-order valence-corrected chi connectivity index (χ0v) is 10.8. The van der Waals surface area contributed by atoms with E-state index in [-0.39, 0.29) is 5.69 Å². The van der Waals surface area contributed by atoms with Gasteiger partial charge in [-0.25, -0.2) is 12.8 Å². The molecule has 19 heavy (non-hydrogen) atoms. The van der Waals surface area contributed by atoms with Crippen LogP contribution in [0.1, 0.15) is 6.92 Å². The molecule has 0 aliphatic heterocycles. The Morgan fingerprint density at radius 3 is 2.58 bits per heavy atom. The van der Waals surface area contributed by atoms with Crippen molar-refractivity contribution in [2.45, 2.75) is 12.2 Å². The number of carbonyl (C=O) groups is 2. The summed E-state index contributed by atoms with van der Waals surface area (Å²) >= 11 is 0. The molecule has 0 bridgehead atoms. The van der Waals surface area contributed by atoms with Gasteiger partial charge < -0.3 is 10.4 Å². The second kappa shape index (κ2) is 5.79. The largest absolute Gasteiger partial charge is 0.480 e. The Morgan fingerprint density at radius 1 is 1.42 bits per heavy atom. The lowest BCUT2D eigenvalue weighted by atomic mass is 10.3. The first-order chi connectivity index (χ1) is 8.72. The summed E-state index contributed by atoms with van der Waals surface area (Å²) in [5.74, 6) is -4.01. The van der Waals surface area contributed by atoms with Crippen LogP contribution in [0.3, 0.4) is 0 Å². The van der Waals surface area contributed by atoms with Crippen molar-refractivity contribution < 1.29 is 27.5 Å². The molecule has 0 aromatic heterocycles. The Morgan fingerprint density at radius 2 is 2.05 bits per heavy atom. The van der Waals surface area contributed by atoms with E-state index < -0.39 is 38.5 Å². The first-order valence-corrected chi connectivity index (χ1v) is 6.93.